The molecule has 0 aromatic heterocycles. The van der Waals surface area contributed by atoms with Crippen LogP contribution in [0, 0.1) is 0 Å². The van der Waals surface area contributed by atoms with E-state index in [-0.39, 0.29) is 23.0 Å². The number of nitrogens with one attached hydrogen (secondary N) is 1. The van der Waals surface area contributed by atoms with E-state index in [9.17, 15) is 10.2 Å². The van der Waals surface area contributed by atoms with Gasteiger partial charge in [-0.15, -0.1) is 0 Å². The molecule has 5 heteroatoms. The quantitative estimate of drug-likeness (QED) is 0.574. The molecule has 2 rings (SSSR count). The molecular formula is C10H13NO4. The molecule has 0 amide bonds. The molecule has 0 saturated carbocycles. The highest BCUT2D eigenvalue weighted by Crippen LogP contribution is 2.41. The summed E-state index contributed by atoms with van der Waals surface area (Å²) in [5.74, 6) is -0.715. The molecule has 0 atom stereocenters. The number of ether oxygens (including phenoxy) is 1. The lowest BCUT2D eigenvalue weighted by molar-refractivity contribution is 0.0298. The highest BCUT2D eigenvalue weighted by Gasteiger charge is 2.35. The maximum Gasteiger partial charge on any atom is 0.203 e. The van der Waals surface area contributed by atoms with Crippen molar-refractivity contribution in [3.05, 3.63) is 12.1 Å². The van der Waals surface area contributed by atoms with Gasteiger partial charge < -0.3 is 25.4 Å². The van der Waals surface area contributed by atoms with Crippen LogP contribution >= 0.6 is 0 Å². The molecular weight excluding hydrogens is 198 g/mol. The normalized spacial score (nSPS) is 18.2. The zero-order chi connectivity index (χ0) is 11.1. The Morgan fingerprint density at radius 3 is 2.13 bits per heavy atom. The minimum absolute atomic E-state index is 0.0109. The molecule has 0 aliphatic carbocycles. The monoisotopic (exact) mass is 211 g/mol. The molecule has 0 unspecified atom stereocenters. The Labute approximate surface area is 86.9 Å². The van der Waals surface area contributed by atoms with Crippen molar-refractivity contribution < 1.29 is 20.1 Å². The van der Waals surface area contributed by atoms with Crippen molar-refractivity contribution in [2.45, 2.75) is 12.5 Å². The summed E-state index contributed by atoms with van der Waals surface area (Å²) in [6, 6.07) is 2.26. The van der Waals surface area contributed by atoms with Crippen LogP contribution in [0.1, 0.15) is 6.92 Å². The Kier molecular flexibility index (Phi) is 2.12. The lowest BCUT2D eigenvalue weighted by Crippen LogP contribution is -2.61. The van der Waals surface area contributed by atoms with Crippen molar-refractivity contribution >= 4 is 0 Å². The summed E-state index contributed by atoms with van der Waals surface area (Å²) in [5.41, 5.74) is -0.411. The molecule has 1 saturated heterocycles. The van der Waals surface area contributed by atoms with Gasteiger partial charge in [0.1, 0.15) is 11.4 Å². The van der Waals surface area contributed by atoms with E-state index in [1.165, 1.54) is 0 Å². The maximum absolute atomic E-state index is 9.49. The van der Waals surface area contributed by atoms with Gasteiger partial charge in [-0.05, 0) is 6.92 Å². The van der Waals surface area contributed by atoms with Gasteiger partial charge in [0.15, 0.2) is 11.5 Å². The van der Waals surface area contributed by atoms with Gasteiger partial charge in [-0.25, -0.2) is 0 Å². The first-order valence-corrected chi connectivity index (χ1v) is 4.65. The van der Waals surface area contributed by atoms with Gasteiger partial charge in [0, 0.05) is 25.2 Å². The third-order valence-corrected chi connectivity index (χ3v) is 2.38. The predicted molar refractivity (Wildman–Crippen MR) is 53.3 cm³/mol. The van der Waals surface area contributed by atoms with E-state index in [0.717, 1.165) is 12.1 Å². The first kappa shape index (κ1) is 9.92. The number of rotatable bonds is 2. The van der Waals surface area contributed by atoms with Crippen molar-refractivity contribution in [1.82, 2.24) is 5.32 Å². The van der Waals surface area contributed by atoms with Gasteiger partial charge >= 0.3 is 0 Å². The van der Waals surface area contributed by atoms with Crippen LogP contribution in [0.4, 0.5) is 0 Å². The predicted octanol–water partition coefficient (Wildman–Crippen LogP) is 0.544. The minimum Gasteiger partial charge on any atom is -0.508 e. The first-order chi connectivity index (χ1) is 7.00. The number of aromatic hydroxyl groups is 3. The average Bonchev–Trinajstić information content (AvgIpc) is 2.08. The number of benzene rings is 1. The van der Waals surface area contributed by atoms with Crippen LogP contribution in [-0.4, -0.2) is 34.0 Å². The van der Waals surface area contributed by atoms with Gasteiger partial charge in [0.2, 0.25) is 5.75 Å². The molecule has 0 bridgehead atoms. The van der Waals surface area contributed by atoms with Crippen LogP contribution in [0.5, 0.6) is 23.0 Å². The second kappa shape index (κ2) is 3.20. The van der Waals surface area contributed by atoms with Crippen LogP contribution in [-0.2, 0) is 0 Å². The Morgan fingerprint density at radius 1 is 1.20 bits per heavy atom. The Hall–Kier alpha value is -1.62. The lowest BCUT2D eigenvalue weighted by atomic mass is 10.00. The topological polar surface area (TPSA) is 82.0 Å². The Bertz CT molecular complexity index is 364. The Balaban J connectivity index is 2.28. The standard InChI is InChI=1S/C10H13NO4/c1-10(4-11-5-10)15-9-7(13)2-6(12)3-8(9)14/h2-3,11-14H,4-5H2,1H3. The SMILES string of the molecule is CC1(Oc2c(O)cc(O)cc2O)CNC1. The lowest BCUT2D eigenvalue weighted by Gasteiger charge is -2.39. The van der Waals surface area contributed by atoms with Crippen molar-refractivity contribution in [2.75, 3.05) is 13.1 Å². The van der Waals surface area contributed by atoms with Crippen molar-refractivity contribution in [3.8, 4) is 23.0 Å². The van der Waals surface area contributed by atoms with E-state index >= 15 is 0 Å². The van der Waals surface area contributed by atoms with Crippen LogP contribution in [0.15, 0.2) is 12.1 Å². The molecule has 1 aromatic rings. The first-order valence-electron chi connectivity index (χ1n) is 4.65. The number of hydrogen-bond acceptors (Lipinski definition) is 5. The molecule has 0 radical (unpaired) electrons. The summed E-state index contributed by atoms with van der Waals surface area (Å²) >= 11 is 0. The van der Waals surface area contributed by atoms with E-state index in [4.69, 9.17) is 9.84 Å². The molecule has 1 aliphatic rings. The highest BCUT2D eigenvalue weighted by molar-refractivity contribution is 5.54. The molecule has 1 aromatic carbocycles. The summed E-state index contributed by atoms with van der Waals surface area (Å²) in [5, 5.41) is 31.1. The molecule has 1 aliphatic heterocycles. The Morgan fingerprint density at radius 2 is 1.73 bits per heavy atom. The molecule has 4 N–H and O–H groups in total. The fourth-order valence-electron chi connectivity index (χ4n) is 1.48. The fourth-order valence-corrected chi connectivity index (χ4v) is 1.48. The number of phenols is 3. The van der Waals surface area contributed by atoms with Gasteiger partial charge in [0.05, 0.1) is 0 Å². The highest BCUT2D eigenvalue weighted by atomic mass is 16.5. The van der Waals surface area contributed by atoms with Crippen molar-refractivity contribution in [2.24, 2.45) is 0 Å². The fraction of sp³-hybridized carbons (Fsp3) is 0.400. The van der Waals surface area contributed by atoms with E-state index in [0.29, 0.717) is 13.1 Å². The summed E-state index contributed by atoms with van der Waals surface area (Å²) < 4.78 is 5.48. The van der Waals surface area contributed by atoms with Crippen LogP contribution in [0.2, 0.25) is 0 Å². The third kappa shape index (κ3) is 1.78. The van der Waals surface area contributed by atoms with Crippen molar-refractivity contribution in [3.63, 3.8) is 0 Å². The summed E-state index contributed by atoms with van der Waals surface area (Å²) in [7, 11) is 0. The van der Waals surface area contributed by atoms with E-state index < -0.39 is 5.60 Å². The molecule has 15 heavy (non-hydrogen) atoms. The molecule has 0 spiro atoms. The van der Waals surface area contributed by atoms with E-state index in [2.05, 4.69) is 5.32 Å². The summed E-state index contributed by atoms with van der Waals surface area (Å²) in [6.45, 7) is 3.19. The zero-order valence-corrected chi connectivity index (χ0v) is 8.32. The smallest absolute Gasteiger partial charge is 0.203 e. The summed E-state index contributed by atoms with van der Waals surface area (Å²) in [6.07, 6.45) is 0. The van der Waals surface area contributed by atoms with E-state index in [1.807, 2.05) is 6.92 Å². The van der Waals surface area contributed by atoms with Crippen LogP contribution in [0.25, 0.3) is 0 Å². The van der Waals surface area contributed by atoms with Gasteiger partial charge in [0.25, 0.3) is 0 Å². The van der Waals surface area contributed by atoms with Crippen molar-refractivity contribution in [1.29, 1.82) is 0 Å². The van der Waals surface area contributed by atoms with Gasteiger partial charge in [-0.3, -0.25) is 0 Å². The van der Waals surface area contributed by atoms with Crippen LogP contribution in [0.3, 0.4) is 0 Å². The number of phenolic OH excluding ortho intramolecular Hbond substituents is 3. The summed E-state index contributed by atoms with van der Waals surface area (Å²) in [4.78, 5) is 0. The largest absolute Gasteiger partial charge is 0.508 e. The molecule has 1 heterocycles. The minimum atomic E-state index is -0.411. The molecule has 5 nitrogen and oxygen atoms in total. The maximum atomic E-state index is 9.49. The van der Waals surface area contributed by atoms with Gasteiger partial charge in [-0.1, -0.05) is 0 Å². The molecule has 82 valence electrons. The average molecular weight is 211 g/mol. The van der Waals surface area contributed by atoms with Gasteiger partial charge in [-0.2, -0.15) is 0 Å². The zero-order valence-electron chi connectivity index (χ0n) is 8.32. The van der Waals surface area contributed by atoms with E-state index in [1.54, 1.807) is 0 Å². The van der Waals surface area contributed by atoms with Crippen LogP contribution < -0.4 is 10.1 Å². The third-order valence-electron chi connectivity index (χ3n) is 2.38. The second-order valence-electron chi connectivity index (χ2n) is 3.97. The second-order valence-corrected chi connectivity index (χ2v) is 3.97. The number of hydrogen-bond donors (Lipinski definition) is 4. The molecule has 1 fully saturated rings.